The smallest absolute Gasteiger partial charge is 0.256 e. The number of carbonyl (C=O) groups is 1. The van der Waals surface area contributed by atoms with Gasteiger partial charge >= 0.3 is 0 Å². The minimum Gasteiger partial charge on any atom is -0.327 e. The standard InChI is InChI=1S/C21H20Cl2FN3O/c1-3-9-26(21(28)16-11-14(22)5-7-17(16)23)13-20-25-18-8-6-15(24)12-19(18)27(20)10-4-2/h3,5-8,11-12H,1,4,9-10,13H2,2H3. The number of imidazole rings is 1. The fourth-order valence-electron chi connectivity index (χ4n) is 3.12. The molecule has 2 aromatic carbocycles. The fourth-order valence-corrected chi connectivity index (χ4v) is 3.49. The molecule has 0 aliphatic carbocycles. The first kappa shape index (κ1) is 20.4. The Hall–Kier alpha value is -2.37. The molecular formula is C21H20Cl2FN3O. The van der Waals surface area contributed by atoms with Gasteiger partial charge in [0.2, 0.25) is 0 Å². The van der Waals surface area contributed by atoms with E-state index in [0.717, 1.165) is 6.42 Å². The molecule has 3 aromatic rings. The molecule has 146 valence electrons. The number of aromatic nitrogens is 2. The maximum atomic E-state index is 13.7. The van der Waals surface area contributed by atoms with Gasteiger partial charge in [0.05, 0.1) is 28.2 Å². The van der Waals surface area contributed by atoms with Gasteiger partial charge < -0.3 is 9.47 Å². The van der Waals surface area contributed by atoms with E-state index in [1.807, 2.05) is 11.5 Å². The van der Waals surface area contributed by atoms with Crippen LogP contribution in [0.15, 0.2) is 49.1 Å². The molecule has 1 amide bonds. The number of amides is 1. The highest BCUT2D eigenvalue weighted by Crippen LogP contribution is 2.24. The summed E-state index contributed by atoms with van der Waals surface area (Å²) in [6, 6.07) is 9.27. The van der Waals surface area contributed by atoms with Crippen molar-refractivity contribution in [2.24, 2.45) is 0 Å². The minimum absolute atomic E-state index is 0.240. The van der Waals surface area contributed by atoms with Gasteiger partial charge in [0, 0.05) is 18.1 Å². The normalized spacial score (nSPS) is 11.0. The zero-order valence-corrected chi connectivity index (χ0v) is 17.0. The van der Waals surface area contributed by atoms with Gasteiger partial charge in [0.25, 0.3) is 5.91 Å². The number of carbonyl (C=O) groups excluding carboxylic acids is 1. The van der Waals surface area contributed by atoms with Crippen molar-refractivity contribution in [3.05, 3.63) is 76.3 Å². The Bertz CT molecular complexity index is 1030. The molecule has 7 heteroatoms. The Labute approximate surface area is 173 Å². The molecule has 0 fully saturated rings. The first-order valence-corrected chi connectivity index (χ1v) is 9.70. The Kier molecular flexibility index (Phi) is 6.37. The average molecular weight is 420 g/mol. The van der Waals surface area contributed by atoms with Crippen molar-refractivity contribution in [2.75, 3.05) is 6.54 Å². The second kappa shape index (κ2) is 8.76. The van der Waals surface area contributed by atoms with E-state index in [4.69, 9.17) is 23.2 Å². The van der Waals surface area contributed by atoms with Gasteiger partial charge in [0.1, 0.15) is 11.6 Å². The Morgan fingerprint density at radius 2 is 2.07 bits per heavy atom. The third-order valence-corrected chi connectivity index (χ3v) is 4.93. The van der Waals surface area contributed by atoms with Crippen molar-refractivity contribution in [3.8, 4) is 0 Å². The molecule has 0 radical (unpaired) electrons. The number of halogens is 3. The summed E-state index contributed by atoms with van der Waals surface area (Å²) >= 11 is 12.2. The molecule has 0 saturated heterocycles. The number of nitrogens with zero attached hydrogens (tertiary/aromatic N) is 3. The number of benzene rings is 2. The summed E-state index contributed by atoms with van der Waals surface area (Å²) in [7, 11) is 0. The third kappa shape index (κ3) is 4.21. The average Bonchev–Trinajstić information content (AvgIpc) is 3.00. The Balaban J connectivity index is 2.00. The molecule has 0 unspecified atom stereocenters. The topological polar surface area (TPSA) is 38.1 Å². The highest BCUT2D eigenvalue weighted by atomic mass is 35.5. The van der Waals surface area contributed by atoms with Crippen LogP contribution < -0.4 is 0 Å². The van der Waals surface area contributed by atoms with Crippen LogP contribution in [0.2, 0.25) is 10.0 Å². The van der Waals surface area contributed by atoms with Crippen molar-refractivity contribution < 1.29 is 9.18 Å². The number of hydrogen-bond acceptors (Lipinski definition) is 2. The van der Waals surface area contributed by atoms with Crippen LogP contribution in [0.5, 0.6) is 0 Å². The van der Waals surface area contributed by atoms with E-state index >= 15 is 0 Å². The summed E-state index contributed by atoms with van der Waals surface area (Å²) < 4.78 is 15.7. The summed E-state index contributed by atoms with van der Waals surface area (Å²) in [5.41, 5.74) is 1.72. The highest BCUT2D eigenvalue weighted by Gasteiger charge is 2.21. The summed E-state index contributed by atoms with van der Waals surface area (Å²) in [6.07, 6.45) is 2.49. The van der Waals surface area contributed by atoms with Gasteiger partial charge in [-0.3, -0.25) is 4.79 Å². The molecule has 1 aromatic heterocycles. The Morgan fingerprint density at radius 3 is 2.79 bits per heavy atom. The monoisotopic (exact) mass is 419 g/mol. The minimum atomic E-state index is -0.318. The van der Waals surface area contributed by atoms with E-state index in [9.17, 15) is 9.18 Å². The van der Waals surface area contributed by atoms with Gasteiger partial charge in [-0.05, 0) is 42.8 Å². The summed E-state index contributed by atoms with van der Waals surface area (Å²) in [4.78, 5) is 19.3. The molecule has 0 atom stereocenters. The van der Waals surface area contributed by atoms with E-state index in [-0.39, 0.29) is 18.3 Å². The third-order valence-electron chi connectivity index (χ3n) is 4.36. The maximum absolute atomic E-state index is 13.7. The van der Waals surface area contributed by atoms with Crippen LogP contribution in [0.4, 0.5) is 4.39 Å². The first-order valence-electron chi connectivity index (χ1n) is 8.94. The molecule has 4 nitrogen and oxygen atoms in total. The summed E-state index contributed by atoms with van der Waals surface area (Å²) in [5.74, 6) is 0.0884. The van der Waals surface area contributed by atoms with Crippen LogP contribution in [0, 0.1) is 5.82 Å². The second-order valence-electron chi connectivity index (χ2n) is 6.41. The SMILES string of the molecule is C=CCN(Cc1nc2ccc(F)cc2n1CCC)C(=O)c1cc(Cl)ccc1Cl. The fraction of sp³-hybridized carbons (Fsp3) is 0.238. The van der Waals surface area contributed by atoms with E-state index in [1.165, 1.54) is 12.1 Å². The largest absolute Gasteiger partial charge is 0.327 e. The molecule has 0 aliphatic rings. The zero-order valence-electron chi connectivity index (χ0n) is 15.5. The van der Waals surface area contributed by atoms with Gasteiger partial charge in [-0.2, -0.15) is 0 Å². The Morgan fingerprint density at radius 1 is 1.29 bits per heavy atom. The van der Waals surface area contributed by atoms with E-state index in [1.54, 1.807) is 35.2 Å². The van der Waals surface area contributed by atoms with Crippen molar-refractivity contribution in [1.29, 1.82) is 0 Å². The molecular weight excluding hydrogens is 400 g/mol. The molecule has 0 spiro atoms. The first-order chi connectivity index (χ1) is 13.4. The van der Waals surface area contributed by atoms with Gasteiger partial charge in [-0.15, -0.1) is 6.58 Å². The number of rotatable bonds is 7. The van der Waals surface area contributed by atoms with Crippen LogP contribution in [-0.2, 0) is 13.1 Å². The lowest BCUT2D eigenvalue weighted by atomic mass is 10.2. The molecule has 3 rings (SSSR count). The molecule has 0 N–H and O–H groups in total. The van der Waals surface area contributed by atoms with Crippen LogP contribution >= 0.6 is 23.2 Å². The van der Waals surface area contributed by atoms with Crippen LogP contribution in [0.25, 0.3) is 11.0 Å². The predicted molar refractivity (Wildman–Crippen MR) is 111 cm³/mol. The number of aryl methyl sites for hydroxylation is 1. The maximum Gasteiger partial charge on any atom is 0.256 e. The van der Waals surface area contributed by atoms with Gasteiger partial charge in [0.15, 0.2) is 0 Å². The second-order valence-corrected chi connectivity index (χ2v) is 7.25. The van der Waals surface area contributed by atoms with Gasteiger partial charge in [-0.1, -0.05) is 36.2 Å². The van der Waals surface area contributed by atoms with Crippen molar-refractivity contribution >= 4 is 40.1 Å². The van der Waals surface area contributed by atoms with E-state index in [0.29, 0.717) is 45.6 Å². The predicted octanol–water partition coefficient (Wildman–Crippen LogP) is 5.72. The van der Waals surface area contributed by atoms with Crippen LogP contribution in [0.1, 0.15) is 29.5 Å². The lowest BCUT2D eigenvalue weighted by Crippen LogP contribution is -2.32. The van der Waals surface area contributed by atoms with E-state index in [2.05, 4.69) is 11.6 Å². The van der Waals surface area contributed by atoms with Gasteiger partial charge in [-0.25, -0.2) is 9.37 Å². The summed E-state index contributed by atoms with van der Waals surface area (Å²) in [5, 5.41) is 0.757. The quantitative estimate of drug-likeness (QED) is 0.459. The van der Waals surface area contributed by atoms with E-state index < -0.39 is 0 Å². The van der Waals surface area contributed by atoms with Crippen molar-refractivity contribution in [1.82, 2.24) is 14.5 Å². The molecule has 0 aliphatic heterocycles. The summed E-state index contributed by atoms with van der Waals surface area (Å²) in [6.45, 7) is 7.00. The van der Waals surface area contributed by atoms with Crippen LogP contribution in [0.3, 0.4) is 0 Å². The highest BCUT2D eigenvalue weighted by molar-refractivity contribution is 6.35. The number of fused-ring (bicyclic) bond motifs is 1. The van der Waals surface area contributed by atoms with Crippen molar-refractivity contribution in [3.63, 3.8) is 0 Å². The van der Waals surface area contributed by atoms with Crippen LogP contribution in [-0.4, -0.2) is 26.9 Å². The lowest BCUT2D eigenvalue weighted by molar-refractivity contribution is 0.0757. The van der Waals surface area contributed by atoms with Crippen molar-refractivity contribution in [2.45, 2.75) is 26.4 Å². The molecule has 0 saturated carbocycles. The lowest BCUT2D eigenvalue weighted by Gasteiger charge is -2.22. The molecule has 0 bridgehead atoms. The zero-order chi connectivity index (χ0) is 20.3. The molecule has 28 heavy (non-hydrogen) atoms. The number of hydrogen-bond donors (Lipinski definition) is 0. The molecule has 1 heterocycles.